The summed E-state index contributed by atoms with van der Waals surface area (Å²) in [4.78, 5) is 29.9. The molecule has 0 radical (unpaired) electrons. The van der Waals surface area contributed by atoms with Gasteiger partial charge in [-0.1, -0.05) is 19.4 Å². The summed E-state index contributed by atoms with van der Waals surface area (Å²) < 4.78 is 26.3. The molecule has 12 heteroatoms. The van der Waals surface area contributed by atoms with Crippen molar-refractivity contribution < 1.29 is 18.4 Å². The summed E-state index contributed by atoms with van der Waals surface area (Å²) in [5, 5.41) is 22.5. The molecule has 2 amide bonds. The molecule has 2 N–H and O–H groups in total. The van der Waals surface area contributed by atoms with Crippen molar-refractivity contribution in [1.29, 1.82) is 0 Å². The summed E-state index contributed by atoms with van der Waals surface area (Å²) >= 11 is 0. The molecule has 2 fully saturated rings. The van der Waals surface area contributed by atoms with Crippen LogP contribution in [0.25, 0.3) is 0 Å². The molecule has 1 aliphatic heterocycles. The van der Waals surface area contributed by atoms with Crippen LogP contribution >= 0.6 is 0 Å². The van der Waals surface area contributed by atoms with Crippen LogP contribution < -0.4 is 15.5 Å². The lowest BCUT2D eigenvalue weighted by Crippen LogP contribution is -2.56. The molecule has 1 saturated heterocycles. The number of pyridine rings is 1. The molecule has 3 aromatic heterocycles. The lowest BCUT2D eigenvalue weighted by molar-refractivity contribution is -0.116. The van der Waals surface area contributed by atoms with E-state index in [1.165, 1.54) is 4.90 Å². The Morgan fingerprint density at radius 3 is 2.05 bits per heavy atom. The summed E-state index contributed by atoms with van der Waals surface area (Å²) in [7, 11) is 0. The zero-order chi connectivity index (χ0) is 27.4. The monoisotopic (exact) mass is 536 g/mol. The average Bonchev–Trinajstić information content (AvgIpc) is 2.92. The molecule has 10 nitrogen and oxygen atoms in total. The number of rotatable bonds is 8. The second-order valence-corrected chi connectivity index (χ2v) is 10.1. The van der Waals surface area contributed by atoms with Gasteiger partial charge in [0.15, 0.2) is 11.6 Å². The molecule has 204 valence electrons. The average molecular weight is 537 g/mol. The van der Waals surface area contributed by atoms with Gasteiger partial charge in [-0.25, -0.2) is 13.8 Å². The minimum atomic E-state index is -2.69. The largest absolute Gasteiger partial charge is 0.344 e. The molecule has 2 aliphatic rings. The van der Waals surface area contributed by atoms with Crippen LogP contribution in [0.3, 0.4) is 0 Å². The maximum atomic E-state index is 13.2. The molecule has 3 aromatic rings. The third-order valence-electron chi connectivity index (χ3n) is 7.04. The molecule has 2 atom stereocenters. The number of nitrogens with zero attached hydrogens (tertiary/aromatic N) is 6. The molecule has 0 bridgehead atoms. The first-order valence-electron chi connectivity index (χ1n) is 13.1. The summed E-state index contributed by atoms with van der Waals surface area (Å²) in [5.74, 6) is -1.43. The first kappa shape index (κ1) is 26.5. The van der Waals surface area contributed by atoms with Crippen LogP contribution in [0.1, 0.15) is 67.9 Å². The Labute approximate surface area is 224 Å². The molecule has 1 saturated carbocycles. The Bertz CT molecular complexity index is 1310. The number of amides is 2. The number of halogens is 2. The van der Waals surface area contributed by atoms with Gasteiger partial charge in [0.2, 0.25) is 11.8 Å². The number of carbonyl (C=O) groups is 2. The summed E-state index contributed by atoms with van der Waals surface area (Å²) in [5.41, 5.74) is 2.24. The van der Waals surface area contributed by atoms with Gasteiger partial charge in [-0.3, -0.25) is 9.59 Å². The number of nitrogens with one attached hydrogen (secondary N) is 2. The Morgan fingerprint density at radius 2 is 1.51 bits per heavy atom. The molecular formula is C27H30F2N8O2. The lowest BCUT2D eigenvalue weighted by atomic mass is 9.78. The first-order valence-corrected chi connectivity index (χ1v) is 13.1. The fourth-order valence-electron chi connectivity index (χ4n) is 4.98. The van der Waals surface area contributed by atoms with E-state index in [1.54, 1.807) is 37.3 Å². The minimum absolute atomic E-state index is 0.00619. The summed E-state index contributed by atoms with van der Waals surface area (Å²) in [6.45, 7) is 1.05. The van der Waals surface area contributed by atoms with E-state index in [9.17, 15) is 18.4 Å². The van der Waals surface area contributed by atoms with Crippen molar-refractivity contribution in [3.05, 3.63) is 59.5 Å². The predicted molar refractivity (Wildman–Crippen MR) is 141 cm³/mol. The van der Waals surface area contributed by atoms with Crippen LogP contribution in [0, 0.1) is 0 Å². The van der Waals surface area contributed by atoms with E-state index in [0.717, 1.165) is 37.1 Å². The summed E-state index contributed by atoms with van der Waals surface area (Å²) in [6.07, 6.45) is 4.25. The molecular weight excluding hydrogens is 506 g/mol. The number of alkyl halides is 2. The minimum Gasteiger partial charge on any atom is -0.344 e. The van der Waals surface area contributed by atoms with Crippen molar-refractivity contribution >= 4 is 29.3 Å². The molecule has 0 spiro atoms. The van der Waals surface area contributed by atoms with Gasteiger partial charge in [-0.05, 0) is 55.7 Å². The molecule has 0 aromatic carbocycles. The van der Waals surface area contributed by atoms with Crippen molar-refractivity contribution in [2.24, 2.45) is 0 Å². The molecule has 5 rings (SSSR count). The smallest absolute Gasteiger partial charge is 0.282 e. The first-order chi connectivity index (χ1) is 18.8. The zero-order valence-corrected chi connectivity index (χ0v) is 21.6. The standard InChI is InChI=1S/C27H30F2N8O2/c1-2-25(38)31-22-11-9-20(33-35-22)17-5-3-6-18(13-17)21-10-12-23(36-34-21)32-26(39)14-19-7-4-8-24(30-19)37-15-27(28,29)16-37/h4,7-12,17-18H,2-3,5-6,13-16H2,1H3,(H,31,35,38)(H,32,36,39)/t17-,18-/m0/s1. The fourth-order valence-corrected chi connectivity index (χ4v) is 4.98. The van der Waals surface area contributed by atoms with Gasteiger partial charge in [-0.15, -0.1) is 10.2 Å². The summed E-state index contributed by atoms with van der Waals surface area (Å²) in [6, 6.07) is 12.4. The SMILES string of the molecule is CCC(=O)Nc1ccc([C@H]2CCC[C@H](c3ccc(NC(=O)Cc4cccc(N5CC(F)(F)C5)n4)nn3)C2)nn1. The highest BCUT2D eigenvalue weighted by molar-refractivity contribution is 5.91. The van der Waals surface area contributed by atoms with E-state index in [-0.39, 0.29) is 43.2 Å². The number of hydrogen-bond acceptors (Lipinski definition) is 8. The van der Waals surface area contributed by atoms with Crippen LogP contribution in [0.15, 0.2) is 42.5 Å². The van der Waals surface area contributed by atoms with Gasteiger partial charge in [0.1, 0.15) is 5.82 Å². The quantitative estimate of drug-likeness (QED) is 0.441. The maximum absolute atomic E-state index is 13.2. The number of hydrogen-bond donors (Lipinski definition) is 2. The highest BCUT2D eigenvalue weighted by Gasteiger charge is 2.44. The van der Waals surface area contributed by atoms with Crippen molar-refractivity contribution in [3.8, 4) is 0 Å². The van der Waals surface area contributed by atoms with Gasteiger partial charge in [-0.2, -0.15) is 10.2 Å². The van der Waals surface area contributed by atoms with Crippen LogP contribution in [0.2, 0.25) is 0 Å². The van der Waals surface area contributed by atoms with E-state index in [2.05, 4.69) is 36.0 Å². The van der Waals surface area contributed by atoms with Crippen molar-refractivity contribution in [2.75, 3.05) is 28.6 Å². The van der Waals surface area contributed by atoms with Gasteiger partial charge in [0, 0.05) is 18.3 Å². The lowest BCUT2D eigenvalue weighted by Gasteiger charge is -2.39. The van der Waals surface area contributed by atoms with E-state index >= 15 is 0 Å². The van der Waals surface area contributed by atoms with E-state index in [1.807, 2.05) is 12.1 Å². The van der Waals surface area contributed by atoms with Gasteiger partial charge in [0.25, 0.3) is 5.92 Å². The Balaban J connectivity index is 1.14. The zero-order valence-electron chi connectivity index (χ0n) is 21.6. The van der Waals surface area contributed by atoms with Crippen LogP contribution in [0.4, 0.5) is 26.2 Å². The molecule has 1 aliphatic carbocycles. The number of aromatic nitrogens is 5. The maximum Gasteiger partial charge on any atom is 0.282 e. The fraction of sp³-hybridized carbons (Fsp3) is 0.444. The van der Waals surface area contributed by atoms with Crippen LogP contribution in [-0.4, -0.2) is 56.2 Å². The van der Waals surface area contributed by atoms with Crippen LogP contribution in [0.5, 0.6) is 0 Å². The van der Waals surface area contributed by atoms with Crippen LogP contribution in [-0.2, 0) is 16.0 Å². The molecule has 4 heterocycles. The molecule has 0 unspecified atom stereocenters. The number of anilines is 3. The normalized spacial score (nSPS) is 20.1. The van der Waals surface area contributed by atoms with Gasteiger partial charge >= 0.3 is 0 Å². The van der Waals surface area contributed by atoms with Crippen molar-refractivity contribution in [3.63, 3.8) is 0 Å². The topological polar surface area (TPSA) is 126 Å². The van der Waals surface area contributed by atoms with E-state index < -0.39 is 5.92 Å². The Morgan fingerprint density at radius 1 is 0.897 bits per heavy atom. The Hall–Kier alpha value is -4.09. The third kappa shape index (κ3) is 6.68. The van der Waals surface area contributed by atoms with Crippen molar-refractivity contribution in [1.82, 2.24) is 25.4 Å². The number of carbonyl (C=O) groups excluding carboxylic acids is 2. The molecule has 39 heavy (non-hydrogen) atoms. The van der Waals surface area contributed by atoms with E-state index in [4.69, 9.17) is 0 Å². The van der Waals surface area contributed by atoms with E-state index in [0.29, 0.717) is 29.6 Å². The second-order valence-electron chi connectivity index (χ2n) is 10.1. The Kier molecular flexibility index (Phi) is 7.71. The van der Waals surface area contributed by atoms with Gasteiger partial charge in [0.05, 0.1) is 36.6 Å². The van der Waals surface area contributed by atoms with Crippen molar-refractivity contribution in [2.45, 2.75) is 63.2 Å². The predicted octanol–water partition coefficient (Wildman–Crippen LogP) is 4.09. The highest BCUT2D eigenvalue weighted by Crippen LogP contribution is 2.40. The van der Waals surface area contributed by atoms with Gasteiger partial charge < -0.3 is 15.5 Å². The second kappa shape index (κ2) is 11.3. The highest BCUT2D eigenvalue weighted by atomic mass is 19.3. The third-order valence-corrected chi connectivity index (χ3v) is 7.04.